The fraction of sp³-hybridized carbons (Fsp3) is 0.524. The second kappa shape index (κ2) is 7.32. The van der Waals surface area contributed by atoms with Gasteiger partial charge in [-0.05, 0) is 49.8 Å². The largest absolute Gasteiger partial charge is 0.383 e. The van der Waals surface area contributed by atoms with Crippen LogP contribution in [0.1, 0.15) is 18.4 Å². The summed E-state index contributed by atoms with van der Waals surface area (Å²) in [4.78, 5) is 23.4. The number of hydrogen-bond donors (Lipinski definition) is 0. The molecule has 5 nitrogen and oxygen atoms in total. The van der Waals surface area contributed by atoms with Crippen LogP contribution in [0.5, 0.6) is 0 Å². The van der Waals surface area contributed by atoms with Crippen LogP contribution in [0.25, 0.3) is 10.9 Å². The number of aromatic nitrogens is 1. The smallest absolute Gasteiger partial charge is 0.230 e. The Morgan fingerprint density at radius 3 is 2.85 bits per heavy atom. The zero-order valence-electron chi connectivity index (χ0n) is 16.3. The lowest BCUT2D eigenvalue weighted by Gasteiger charge is -2.24. The molecule has 4 rings (SSSR count). The quantitative estimate of drug-likeness (QED) is 0.739. The van der Waals surface area contributed by atoms with Gasteiger partial charge >= 0.3 is 0 Å². The number of carbonyl (C=O) groups excluding carboxylic acids is 1. The van der Waals surface area contributed by atoms with Crippen molar-refractivity contribution in [3.8, 4) is 0 Å². The first-order chi connectivity index (χ1) is 13.1. The fourth-order valence-electron chi connectivity index (χ4n) is 4.41. The molecule has 1 atom stereocenters. The Morgan fingerprint density at radius 1 is 1.26 bits per heavy atom. The number of ether oxygens (including phenoxy) is 1. The number of aryl methyl sites for hydroxylation is 1. The van der Waals surface area contributed by atoms with Gasteiger partial charge in [0.15, 0.2) is 0 Å². The highest BCUT2D eigenvalue weighted by atomic mass is 32.2. The minimum absolute atomic E-state index is 0.237. The molecule has 1 unspecified atom stereocenters. The summed E-state index contributed by atoms with van der Waals surface area (Å²) in [5, 5.41) is 1.20. The third-order valence-corrected chi connectivity index (χ3v) is 6.78. The van der Waals surface area contributed by atoms with Gasteiger partial charge in [0.1, 0.15) is 5.82 Å². The van der Waals surface area contributed by atoms with Crippen molar-refractivity contribution in [1.82, 2.24) is 9.88 Å². The Balaban J connectivity index is 1.58. The van der Waals surface area contributed by atoms with Crippen molar-refractivity contribution < 1.29 is 9.53 Å². The van der Waals surface area contributed by atoms with Crippen molar-refractivity contribution in [3.05, 3.63) is 29.8 Å². The van der Waals surface area contributed by atoms with Gasteiger partial charge in [0.25, 0.3) is 0 Å². The maximum Gasteiger partial charge on any atom is 0.230 e. The van der Waals surface area contributed by atoms with E-state index in [2.05, 4.69) is 42.3 Å². The monoisotopic (exact) mass is 385 g/mol. The third-order valence-electron chi connectivity index (χ3n) is 6.05. The highest BCUT2D eigenvalue weighted by Gasteiger charge is 2.50. The van der Waals surface area contributed by atoms with E-state index >= 15 is 0 Å². The first-order valence-corrected chi connectivity index (χ1v) is 10.8. The van der Waals surface area contributed by atoms with Gasteiger partial charge in [-0.2, -0.15) is 0 Å². The summed E-state index contributed by atoms with van der Waals surface area (Å²) in [5.74, 6) is 1.29. The molecule has 0 saturated carbocycles. The molecule has 3 heterocycles. The topological polar surface area (TPSA) is 45.7 Å². The molecule has 1 aromatic heterocycles. The van der Waals surface area contributed by atoms with E-state index in [1.165, 1.54) is 15.8 Å². The number of benzene rings is 1. The maximum atomic E-state index is 13.0. The van der Waals surface area contributed by atoms with E-state index in [0.29, 0.717) is 19.1 Å². The Bertz CT molecular complexity index is 872. The predicted octanol–water partition coefficient (Wildman–Crippen LogP) is 3.34. The third kappa shape index (κ3) is 3.29. The first kappa shape index (κ1) is 18.6. The number of likely N-dealkylation sites (tertiary alicyclic amines) is 1. The van der Waals surface area contributed by atoms with Crippen molar-refractivity contribution in [2.75, 3.05) is 51.1 Å². The van der Waals surface area contributed by atoms with Crippen molar-refractivity contribution in [2.24, 2.45) is 5.41 Å². The van der Waals surface area contributed by atoms with E-state index in [1.807, 2.05) is 4.90 Å². The van der Waals surface area contributed by atoms with Crippen LogP contribution in [-0.2, 0) is 9.53 Å². The number of carbonyl (C=O) groups is 1. The van der Waals surface area contributed by atoms with E-state index in [1.54, 1.807) is 18.9 Å². The van der Waals surface area contributed by atoms with Crippen molar-refractivity contribution in [3.63, 3.8) is 0 Å². The molecule has 1 spiro atoms. The summed E-state index contributed by atoms with van der Waals surface area (Å²) >= 11 is 1.74. The van der Waals surface area contributed by atoms with Gasteiger partial charge in [-0.25, -0.2) is 4.98 Å². The normalized spacial score (nSPS) is 22.6. The van der Waals surface area contributed by atoms with E-state index < -0.39 is 0 Å². The lowest BCUT2D eigenvalue weighted by molar-refractivity contribution is -0.135. The Hall–Kier alpha value is -1.79. The van der Waals surface area contributed by atoms with Gasteiger partial charge in [-0.15, -0.1) is 11.8 Å². The Morgan fingerprint density at radius 2 is 2.07 bits per heavy atom. The van der Waals surface area contributed by atoms with E-state index in [-0.39, 0.29) is 5.41 Å². The van der Waals surface area contributed by atoms with Crippen LogP contribution >= 0.6 is 11.8 Å². The minimum atomic E-state index is -0.237. The van der Waals surface area contributed by atoms with Crippen molar-refractivity contribution in [2.45, 2.75) is 24.7 Å². The molecule has 27 heavy (non-hydrogen) atoms. The molecule has 0 aliphatic carbocycles. The number of thioether (sulfide) groups is 1. The predicted molar refractivity (Wildman–Crippen MR) is 111 cm³/mol. The Kier molecular flexibility index (Phi) is 5.03. The van der Waals surface area contributed by atoms with E-state index in [4.69, 9.17) is 9.72 Å². The lowest BCUT2D eigenvalue weighted by Crippen LogP contribution is -2.38. The van der Waals surface area contributed by atoms with Gasteiger partial charge in [0.2, 0.25) is 5.91 Å². The molecule has 1 amide bonds. The number of hydrogen-bond acceptors (Lipinski definition) is 5. The molecule has 2 fully saturated rings. The SMILES string of the molecule is COCCN1CCC2(CCN(c3cc(C)c4ccc(SC)cc4n3)C2)C1=O. The molecule has 0 radical (unpaired) electrons. The van der Waals surface area contributed by atoms with Crippen LogP contribution in [0.3, 0.4) is 0 Å². The summed E-state index contributed by atoms with van der Waals surface area (Å²) in [6.07, 6.45) is 3.94. The first-order valence-electron chi connectivity index (χ1n) is 9.55. The molecule has 144 valence electrons. The number of nitrogens with zero attached hydrogens (tertiary/aromatic N) is 3. The van der Waals surface area contributed by atoms with Gasteiger partial charge in [-0.1, -0.05) is 6.07 Å². The van der Waals surface area contributed by atoms with Crippen LogP contribution in [-0.4, -0.2) is 61.9 Å². The maximum absolute atomic E-state index is 13.0. The standard InChI is InChI=1S/C21H27N3O2S/c1-15-12-19(22-18-13-16(27-3)4-5-17(15)18)24-9-7-21(14-24)6-8-23(20(21)25)10-11-26-2/h4-5,12-13H,6-11,14H2,1-3H3. The van der Waals surface area contributed by atoms with Gasteiger partial charge in [0.05, 0.1) is 17.5 Å². The van der Waals surface area contributed by atoms with E-state index in [9.17, 15) is 4.79 Å². The number of pyridine rings is 1. The molecule has 2 aliphatic rings. The van der Waals surface area contributed by atoms with Crippen LogP contribution in [0, 0.1) is 12.3 Å². The van der Waals surface area contributed by atoms with Gasteiger partial charge < -0.3 is 14.5 Å². The molecular weight excluding hydrogens is 358 g/mol. The molecule has 0 bridgehead atoms. The molecule has 2 aliphatic heterocycles. The molecule has 2 saturated heterocycles. The van der Waals surface area contributed by atoms with Crippen molar-refractivity contribution >= 4 is 34.4 Å². The van der Waals surface area contributed by atoms with Crippen LogP contribution in [0.4, 0.5) is 5.82 Å². The zero-order valence-corrected chi connectivity index (χ0v) is 17.1. The summed E-state index contributed by atoms with van der Waals surface area (Å²) in [5.41, 5.74) is 2.04. The highest BCUT2D eigenvalue weighted by Crippen LogP contribution is 2.42. The number of fused-ring (bicyclic) bond motifs is 1. The molecule has 6 heteroatoms. The van der Waals surface area contributed by atoms with Crippen LogP contribution in [0.2, 0.25) is 0 Å². The molecule has 1 aromatic carbocycles. The van der Waals surface area contributed by atoms with Crippen molar-refractivity contribution in [1.29, 1.82) is 0 Å². The fourth-order valence-corrected chi connectivity index (χ4v) is 4.84. The molecule has 2 aromatic rings. The van der Waals surface area contributed by atoms with Crippen LogP contribution in [0.15, 0.2) is 29.2 Å². The Labute approximate surface area is 165 Å². The van der Waals surface area contributed by atoms with Crippen LogP contribution < -0.4 is 4.90 Å². The summed E-state index contributed by atoms with van der Waals surface area (Å²) in [6.45, 7) is 5.96. The number of rotatable bonds is 5. The number of amides is 1. The second-order valence-corrected chi connectivity index (χ2v) is 8.55. The molecule has 0 N–H and O–H groups in total. The zero-order chi connectivity index (χ0) is 19.0. The van der Waals surface area contributed by atoms with Gasteiger partial charge in [-0.3, -0.25) is 4.79 Å². The summed E-state index contributed by atoms with van der Waals surface area (Å²) in [7, 11) is 1.68. The lowest BCUT2D eigenvalue weighted by atomic mass is 9.85. The van der Waals surface area contributed by atoms with Gasteiger partial charge in [0, 0.05) is 43.6 Å². The van der Waals surface area contributed by atoms with E-state index in [0.717, 1.165) is 43.8 Å². The summed E-state index contributed by atoms with van der Waals surface area (Å²) < 4.78 is 5.15. The average Bonchev–Trinajstić information content (AvgIpc) is 3.25. The summed E-state index contributed by atoms with van der Waals surface area (Å²) in [6, 6.07) is 8.64. The molecular formula is C21H27N3O2S. The minimum Gasteiger partial charge on any atom is -0.383 e. The number of methoxy groups -OCH3 is 1. The second-order valence-electron chi connectivity index (χ2n) is 7.67. The highest BCUT2D eigenvalue weighted by molar-refractivity contribution is 7.98. The number of anilines is 1. The average molecular weight is 386 g/mol.